The average Bonchev–Trinajstić information content (AvgIpc) is 3.15. The average molecular weight is 778 g/mol. The van der Waals surface area contributed by atoms with E-state index in [0.717, 1.165) is 57.8 Å². The van der Waals surface area contributed by atoms with E-state index in [0.29, 0.717) is 25.7 Å². The lowest BCUT2D eigenvalue weighted by molar-refractivity contribution is -0.161. The number of unbranched alkanes of at least 4 members (excludes halogenated alkanes) is 9. The summed E-state index contributed by atoms with van der Waals surface area (Å²) in [5.41, 5.74) is 5.33. The van der Waals surface area contributed by atoms with E-state index >= 15 is 0 Å². The molecular formula is C43H72NO9P. The first-order chi connectivity index (χ1) is 26.2. The summed E-state index contributed by atoms with van der Waals surface area (Å²) in [4.78, 5) is 34.7. The minimum atomic E-state index is -4.41. The molecule has 308 valence electrons. The number of carbonyl (C=O) groups excluding carboxylic acids is 2. The molecule has 4 N–H and O–H groups in total. The zero-order chi connectivity index (χ0) is 39.8. The van der Waals surface area contributed by atoms with Crippen molar-refractivity contribution in [3.8, 4) is 0 Å². The summed E-state index contributed by atoms with van der Waals surface area (Å²) >= 11 is 0. The Morgan fingerprint density at radius 3 is 1.98 bits per heavy atom. The number of hydrogen-bond acceptors (Lipinski definition) is 9. The Morgan fingerprint density at radius 2 is 1.28 bits per heavy atom. The smallest absolute Gasteiger partial charge is 0.462 e. The lowest BCUT2D eigenvalue weighted by Gasteiger charge is -2.19. The van der Waals surface area contributed by atoms with E-state index in [4.69, 9.17) is 24.3 Å². The van der Waals surface area contributed by atoms with Crippen LogP contribution >= 0.6 is 7.82 Å². The predicted octanol–water partition coefficient (Wildman–Crippen LogP) is 10.2. The molecular weight excluding hydrogens is 705 g/mol. The normalized spacial score (nSPS) is 14.8. The first kappa shape index (κ1) is 51.1. The van der Waals surface area contributed by atoms with Crippen molar-refractivity contribution in [3.63, 3.8) is 0 Å². The van der Waals surface area contributed by atoms with Crippen molar-refractivity contribution < 1.29 is 42.7 Å². The number of aliphatic hydroxyl groups excluding tert-OH is 1. The maximum Gasteiger partial charge on any atom is 0.472 e. The number of esters is 2. The summed E-state index contributed by atoms with van der Waals surface area (Å²) in [6.07, 6.45) is 43.7. The van der Waals surface area contributed by atoms with E-state index in [-0.39, 0.29) is 32.6 Å². The molecule has 10 nitrogen and oxygen atoms in total. The summed E-state index contributed by atoms with van der Waals surface area (Å²) < 4.78 is 32.6. The van der Waals surface area contributed by atoms with Crippen molar-refractivity contribution in [2.24, 2.45) is 5.73 Å². The van der Waals surface area contributed by atoms with Crippen molar-refractivity contribution in [3.05, 3.63) is 85.1 Å². The number of phosphoric ester groups is 1. The minimum absolute atomic E-state index is 0.0281. The maximum absolute atomic E-state index is 12.5. The van der Waals surface area contributed by atoms with Crippen molar-refractivity contribution in [1.29, 1.82) is 0 Å². The number of carbonyl (C=O) groups is 2. The van der Waals surface area contributed by atoms with Gasteiger partial charge in [-0.25, -0.2) is 4.57 Å². The Labute approximate surface area is 326 Å². The van der Waals surface area contributed by atoms with Crippen LogP contribution in [0.5, 0.6) is 0 Å². The van der Waals surface area contributed by atoms with Crippen LogP contribution in [0.4, 0.5) is 0 Å². The fourth-order valence-corrected chi connectivity index (χ4v) is 5.62. The van der Waals surface area contributed by atoms with Crippen LogP contribution in [0, 0.1) is 0 Å². The number of rotatable bonds is 36. The number of nitrogens with two attached hydrogens (primary N) is 1. The third kappa shape index (κ3) is 37.5. The molecule has 0 saturated heterocycles. The fourth-order valence-electron chi connectivity index (χ4n) is 4.85. The van der Waals surface area contributed by atoms with Crippen LogP contribution in [0.25, 0.3) is 0 Å². The van der Waals surface area contributed by atoms with Crippen LogP contribution in [0.15, 0.2) is 85.1 Å². The van der Waals surface area contributed by atoms with Crippen LogP contribution in [0.3, 0.4) is 0 Å². The second-order valence-electron chi connectivity index (χ2n) is 13.0. The van der Waals surface area contributed by atoms with E-state index in [2.05, 4.69) is 44.2 Å². The Balaban J connectivity index is 4.43. The molecule has 0 heterocycles. The van der Waals surface area contributed by atoms with Gasteiger partial charge in [-0.05, 0) is 70.6 Å². The highest BCUT2D eigenvalue weighted by molar-refractivity contribution is 7.47. The number of phosphoric acid groups is 1. The molecule has 2 unspecified atom stereocenters. The SMILES string of the molecule is CC/C=C\C/C=C\CC(O)/C=C/C=C\C/C=C\C/C=C\CCC(=O)O[C@H](COC(=O)CCCCCCC/C=C\CCCCCC)COP(=O)(O)OCCN. The standard InChI is InChI=1S/C43H72NO9P/c1-3-5-7-9-11-12-13-14-15-19-22-26-30-34-42(46)50-38-41(39-52-54(48,49)51-37-36-44)53-43(47)35-31-27-23-20-17-16-18-21-25-29-33-40(45)32-28-24-10-8-6-4-2/h6,8,12-13,16-17,21,23-25,27-29,33,40-41,45H,3-5,7,9-11,14-15,18-20,22,26,30-32,34-39,44H2,1-2H3,(H,48,49)/b8-6-,13-12-,17-16-,25-21-,27-23-,28-24-,33-29+/t40?,41-/m1/s1. The zero-order valence-corrected chi connectivity index (χ0v) is 34.2. The van der Waals surface area contributed by atoms with Gasteiger partial charge in [-0.1, -0.05) is 137 Å². The van der Waals surface area contributed by atoms with Crippen LogP contribution in [-0.4, -0.2) is 60.5 Å². The molecule has 0 aromatic carbocycles. The molecule has 0 saturated carbocycles. The van der Waals surface area contributed by atoms with Crippen molar-refractivity contribution in [2.75, 3.05) is 26.4 Å². The van der Waals surface area contributed by atoms with Gasteiger partial charge in [-0.2, -0.15) is 0 Å². The van der Waals surface area contributed by atoms with Gasteiger partial charge in [0.2, 0.25) is 0 Å². The maximum atomic E-state index is 12.5. The highest BCUT2D eigenvalue weighted by atomic mass is 31.2. The van der Waals surface area contributed by atoms with E-state index in [9.17, 15) is 24.2 Å². The van der Waals surface area contributed by atoms with E-state index in [1.54, 1.807) is 6.08 Å². The van der Waals surface area contributed by atoms with Gasteiger partial charge in [-0.3, -0.25) is 18.6 Å². The van der Waals surface area contributed by atoms with E-state index in [1.165, 1.54) is 25.7 Å². The van der Waals surface area contributed by atoms with Gasteiger partial charge in [0, 0.05) is 19.4 Å². The molecule has 0 fully saturated rings. The molecule has 0 aliphatic carbocycles. The van der Waals surface area contributed by atoms with E-state index in [1.807, 2.05) is 48.6 Å². The molecule has 0 rings (SSSR count). The van der Waals surface area contributed by atoms with Gasteiger partial charge in [0.05, 0.1) is 19.3 Å². The zero-order valence-electron chi connectivity index (χ0n) is 33.3. The lowest BCUT2D eigenvalue weighted by Crippen LogP contribution is -2.29. The summed E-state index contributed by atoms with van der Waals surface area (Å²) in [5.74, 6) is -0.977. The van der Waals surface area contributed by atoms with Crippen LogP contribution < -0.4 is 5.73 Å². The predicted molar refractivity (Wildman–Crippen MR) is 221 cm³/mol. The molecule has 11 heteroatoms. The first-order valence-electron chi connectivity index (χ1n) is 20.2. The fraction of sp³-hybridized carbons (Fsp3) is 0.628. The summed E-state index contributed by atoms with van der Waals surface area (Å²) in [7, 11) is -4.41. The number of hydrogen-bond donors (Lipinski definition) is 3. The van der Waals surface area contributed by atoms with Gasteiger partial charge in [0.1, 0.15) is 6.61 Å². The molecule has 0 aliphatic heterocycles. The van der Waals surface area contributed by atoms with Crippen molar-refractivity contribution >= 4 is 19.8 Å². The highest BCUT2D eigenvalue weighted by Crippen LogP contribution is 2.43. The monoisotopic (exact) mass is 777 g/mol. The van der Waals surface area contributed by atoms with Crippen LogP contribution in [0.1, 0.15) is 136 Å². The Kier molecular flexibility index (Phi) is 36.4. The lowest BCUT2D eigenvalue weighted by atomic mass is 10.1. The molecule has 0 aromatic heterocycles. The summed E-state index contributed by atoms with van der Waals surface area (Å²) in [6.45, 7) is 3.39. The Morgan fingerprint density at radius 1 is 0.667 bits per heavy atom. The largest absolute Gasteiger partial charge is 0.472 e. The molecule has 54 heavy (non-hydrogen) atoms. The summed E-state index contributed by atoms with van der Waals surface area (Å²) in [5, 5.41) is 9.99. The molecule has 3 atom stereocenters. The minimum Gasteiger partial charge on any atom is -0.462 e. The van der Waals surface area contributed by atoms with Crippen LogP contribution in [0.2, 0.25) is 0 Å². The topological polar surface area (TPSA) is 155 Å². The second kappa shape index (κ2) is 38.4. The van der Waals surface area contributed by atoms with Crippen molar-refractivity contribution in [2.45, 2.75) is 148 Å². The molecule has 0 aliphatic rings. The molecule has 0 aromatic rings. The highest BCUT2D eigenvalue weighted by Gasteiger charge is 2.25. The second-order valence-corrected chi connectivity index (χ2v) is 14.4. The Hall–Kier alpha value is -2.85. The number of allylic oxidation sites excluding steroid dienone is 12. The molecule has 0 spiro atoms. The molecule has 0 radical (unpaired) electrons. The number of ether oxygens (including phenoxy) is 2. The van der Waals surface area contributed by atoms with Gasteiger partial charge >= 0.3 is 19.8 Å². The van der Waals surface area contributed by atoms with Gasteiger partial charge in [0.15, 0.2) is 6.10 Å². The molecule has 0 bridgehead atoms. The van der Waals surface area contributed by atoms with E-state index < -0.39 is 38.6 Å². The van der Waals surface area contributed by atoms with Gasteiger partial charge < -0.3 is 25.2 Å². The molecule has 0 amide bonds. The Bertz CT molecular complexity index is 1180. The summed E-state index contributed by atoms with van der Waals surface area (Å²) in [6, 6.07) is 0. The van der Waals surface area contributed by atoms with Crippen LogP contribution in [-0.2, 0) is 32.7 Å². The first-order valence-corrected chi connectivity index (χ1v) is 21.7. The quantitative estimate of drug-likeness (QED) is 0.0184. The third-order valence-electron chi connectivity index (χ3n) is 7.86. The number of aliphatic hydroxyl groups is 1. The van der Waals surface area contributed by atoms with Gasteiger partial charge in [-0.15, -0.1) is 0 Å². The van der Waals surface area contributed by atoms with Crippen molar-refractivity contribution in [1.82, 2.24) is 0 Å². The van der Waals surface area contributed by atoms with Gasteiger partial charge in [0.25, 0.3) is 0 Å². The third-order valence-corrected chi connectivity index (χ3v) is 8.84.